The van der Waals surface area contributed by atoms with Gasteiger partial charge in [-0.3, -0.25) is 14.3 Å². The van der Waals surface area contributed by atoms with E-state index in [0.29, 0.717) is 0 Å². The van der Waals surface area contributed by atoms with Gasteiger partial charge in [-0.25, -0.2) is 14.4 Å². The molecule has 2 saturated heterocycles. The molecule has 2 bridgehead atoms. The third-order valence-corrected chi connectivity index (χ3v) is 4.49. The molecule has 12 heteroatoms. The maximum atomic E-state index is 11.9. The SMILES string of the molecule is COC[C@@]12COC(C(n3ccc(=O)[nH]c3=O)O1)[C@@H]2NP(=O)(O)O. The third kappa shape index (κ3) is 2.92. The van der Waals surface area contributed by atoms with Crippen LogP contribution in [0.5, 0.6) is 0 Å². The van der Waals surface area contributed by atoms with Crippen LogP contribution in [0.25, 0.3) is 0 Å². The predicted molar refractivity (Wildman–Crippen MR) is 74.8 cm³/mol. The first kappa shape index (κ1) is 16.5. The second kappa shape index (κ2) is 5.64. The molecule has 2 aliphatic heterocycles. The number of methoxy groups -OCH3 is 1. The molecule has 23 heavy (non-hydrogen) atoms. The third-order valence-electron chi connectivity index (χ3n) is 3.87. The van der Waals surface area contributed by atoms with E-state index in [1.54, 1.807) is 0 Å². The number of nitrogens with zero attached hydrogens (tertiary/aromatic N) is 1. The summed E-state index contributed by atoms with van der Waals surface area (Å²) < 4.78 is 28.9. The average Bonchev–Trinajstić information content (AvgIpc) is 2.89. The normalized spacial score (nSPS) is 33.3. The molecule has 2 aliphatic rings. The molecule has 2 fully saturated rings. The van der Waals surface area contributed by atoms with Crippen molar-refractivity contribution in [1.82, 2.24) is 14.6 Å². The fourth-order valence-corrected chi connectivity index (χ4v) is 3.75. The fourth-order valence-electron chi connectivity index (χ4n) is 3.01. The summed E-state index contributed by atoms with van der Waals surface area (Å²) in [6.07, 6.45) is -0.543. The van der Waals surface area contributed by atoms with Gasteiger partial charge < -0.3 is 24.0 Å². The standard InChI is InChI=1S/C11H16N3O8P/c1-20-4-11-5-21-7(8(11)13-23(17,18)19)9(22-11)14-3-2-6(15)12-10(14)16/h2-3,7-9H,4-5H2,1H3,(H,12,15,16)(H3,13,17,18,19)/t7?,8-,9?,11-/m0/s1. The van der Waals surface area contributed by atoms with Crippen LogP contribution < -0.4 is 16.3 Å². The van der Waals surface area contributed by atoms with Crippen LogP contribution in [0.1, 0.15) is 6.23 Å². The summed E-state index contributed by atoms with van der Waals surface area (Å²) >= 11 is 0. The second-order valence-corrected chi connectivity index (χ2v) is 6.80. The summed E-state index contributed by atoms with van der Waals surface area (Å²) in [6.45, 7) is 0.0630. The van der Waals surface area contributed by atoms with Crippen molar-refractivity contribution in [3.05, 3.63) is 33.1 Å². The van der Waals surface area contributed by atoms with Crippen molar-refractivity contribution in [3.8, 4) is 0 Å². The minimum absolute atomic E-state index is 0.00969. The Balaban J connectivity index is 1.98. The van der Waals surface area contributed by atoms with E-state index in [2.05, 4.69) is 10.1 Å². The van der Waals surface area contributed by atoms with Crippen molar-refractivity contribution in [1.29, 1.82) is 0 Å². The van der Waals surface area contributed by atoms with Gasteiger partial charge in [0.15, 0.2) is 6.23 Å². The van der Waals surface area contributed by atoms with Gasteiger partial charge in [0.2, 0.25) is 0 Å². The minimum Gasteiger partial charge on any atom is -0.382 e. The molecule has 1 aromatic heterocycles. The quantitative estimate of drug-likeness (QED) is 0.438. The molecule has 128 valence electrons. The lowest BCUT2D eigenvalue weighted by molar-refractivity contribution is -0.188. The number of aromatic amines is 1. The summed E-state index contributed by atoms with van der Waals surface area (Å²) in [6, 6.07) is 0.262. The molecule has 1 aromatic rings. The van der Waals surface area contributed by atoms with Crippen LogP contribution in [0.2, 0.25) is 0 Å². The van der Waals surface area contributed by atoms with Crippen LogP contribution in [0.4, 0.5) is 0 Å². The van der Waals surface area contributed by atoms with Crippen molar-refractivity contribution in [2.45, 2.75) is 24.0 Å². The van der Waals surface area contributed by atoms with Gasteiger partial charge >= 0.3 is 13.4 Å². The first-order valence-electron chi connectivity index (χ1n) is 6.69. The van der Waals surface area contributed by atoms with Gasteiger partial charge in [-0.1, -0.05) is 0 Å². The highest BCUT2D eigenvalue weighted by molar-refractivity contribution is 7.49. The Bertz CT molecular complexity index is 756. The number of nitrogens with one attached hydrogen (secondary N) is 2. The van der Waals surface area contributed by atoms with Gasteiger partial charge in [-0.15, -0.1) is 0 Å². The lowest BCUT2D eigenvalue weighted by Crippen LogP contribution is -2.50. The van der Waals surface area contributed by atoms with E-state index in [1.165, 1.54) is 13.3 Å². The Kier molecular flexibility index (Phi) is 4.05. The Labute approximate surface area is 129 Å². The summed E-state index contributed by atoms with van der Waals surface area (Å²) in [5.41, 5.74) is -2.42. The van der Waals surface area contributed by atoms with E-state index in [9.17, 15) is 23.9 Å². The van der Waals surface area contributed by atoms with Crippen LogP contribution in [-0.2, 0) is 18.8 Å². The maximum Gasteiger partial charge on any atom is 0.400 e. The molecular formula is C11H16N3O8P. The van der Waals surface area contributed by atoms with Crippen LogP contribution in [-0.4, -0.2) is 57.4 Å². The molecule has 0 amide bonds. The highest BCUT2D eigenvalue weighted by Crippen LogP contribution is 2.47. The van der Waals surface area contributed by atoms with Gasteiger partial charge in [0.25, 0.3) is 5.56 Å². The monoisotopic (exact) mass is 349 g/mol. The molecule has 4 atom stereocenters. The molecule has 3 rings (SSSR count). The van der Waals surface area contributed by atoms with Gasteiger partial charge in [-0.05, 0) is 0 Å². The van der Waals surface area contributed by atoms with E-state index < -0.39 is 43.0 Å². The lowest BCUT2D eigenvalue weighted by Gasteiger charge is -2.31. The van der Waals surface area contributed by atoms with E-state index in [4.69, 9.17) is 14.2 Å². The van der Waals surface area contributed by atoms with Crippen molar-refractivity contribution < 1.29 is 28.6 Å². The Morgan fingerprint density at radius 2 is 2.30 bits per heavy atom. The van der Waals surface area contributed by atoms with Crippen molar-refractivity contribution in [2.24, 2.45) is 0 Å². The van der Waals surface area contributed by atoms with Gasteiger partial charge in [0.1, 0.15) is 11.7 Å². The number of ether oxygens (including phenoxy) is 3. The molecule has 11 nitrogen and oxygen atoms in total. The first-order chi connectivity index (χ1) is 10.8. The van der Waals surface area contributed by atoms with Crippen LogP contribution >= 0.6 is 7.75 Å². The average molecular weight is 349 g/mol. The van der Waals surface area contributed by atoms with E-state index in [1.807, 2.05) is 0 Å². The zero-order valence-electron chi connectivity index (χ0n) is 12.0. The van der Waals surface area contributed by atoms with E-state index >= 15 is 0 Å². The first-order valence-corrected chi connectivity index (χ1v) is 8.30. The second-order valence-electron chi connectivity index (χ2n) is 5.45. The highest BCUT2D eigenvalue weighted by Gasteiger charge is 2.63. The van der Waals surface area contributed by atoms with Crippen molar-refractivity contribution in [2.75, 3.05) is 20.3 Å². The van der Waals surface area contributed by atoms with Crippen molar-refractivity contribution >= 4 is 7.75 Å². The van der Waals surface area contributed by atoms with Crippen LogP contribution in [0.15, 0.2) is 21.9 Å². The molecule has 2 unspecified atom stereocenters. The zero-order chi connectivity index (χ0) is 16.8. The van der Waals surface area contributed by atoms with Gasteiger partial charge in [0, 0.05) is 19.4 Å². The fraction of sp³-hybridized carbons (Fsp3) is 0.636. The number of hydrogen-bond acceptors (Lipinski definition) is 6. The smallest absolute Gasteiger partial charge is 0.382 e. The Morgan fingerprint density at radius 3 is 2.91 bits per heavy atom. The molecular weight excluding hydrogens is 333 g/mol. The van der Waals surface area contributed by atoms with Gasteiger partial charge in [0.05, 0.1) is 19.3 Å². The van der Waals surface area contributed by atoms with E-state index in [-0.39, 0.29) is 13.2 Å². The van der Waals surface area contributed by atoms with E-state index in [0.717, 1.165) is 10.6 Å². The number of H-pyrrole nitrogens is 1. The predicted octanol–water partition coefficient (Wildman–Crippen LogP) is -2.10. The maximum absolute atomic E-state index is 11.9. The minimum atomic E-state index is -4.56. The number of hydrogen-bond donors (Lipinski definition) is 4. The largest absolute Gasteiger partial charge is 0.400 e. The molecule has 4 N–H and O–H groups in total. The lowest BCUT2D eigenvalue weighted by atomic mass is 9.98. The van der Waals surface area contributed by atoms with Crippen LogP contribution in [0, 0.1) is 0 Å². The molecule has 0 spiro atoms. The molecule has 0 saturated carbocycles. The molecule has 0 aliphatic carbocycles. The summed E-state index contributed by atoms with van der Waals surface area (Å²) in [5.74, 6) is 0. The number of aromatic nitrogens is 2. The summed E-state index contributed by atoms with van der Waals surface area (Å²) in [4.78, 5) is 43.6. The highest BCUT2D eigenvalue weighted by atomic mass is 31.2. The Morgan fingerprint density at radius 1 is 1.57 bits per heavy atom. The topological polar surface area (TPSA) is 152 Å². The van der Waals surface area contributed by atoms with Crippen molar-refractivity contribution in [3.63, 3.8) is 0 Å². The zero-order valence-corrected chi connectivity index (χ0v) is 12.9. The molecule has 0 aromatic carbocycles. The molecule has 3 heterocycles. The van der Waals surface area contributed by atoms with Crippen LogP contribution in [0.3, 0.4) is 0 Å². The summed E-state index contributed by atoms with van der Waals surface area (Å²) in [7, 11) is -3.15. The number of rotatable bonds is 5. The summed E-state index contributed by atoms with van der Waals surface area (Å²) in [5, 5.41) is 2.19. The molecule has 0 radical (unpaired) electrons. The Hall–Kier alpha value is -1.33. The number of fused-ring (bicyclic) bond motifs is 2. The van der Waals surface area contributed by atoms with Gasteiger partial charge in [-0.2, -0.15) is 0 Å².